The van der Waals surface area contributed by atoms with Crippen LogP contribution in [0.1, 0.15) is 23.9 Å². The largest absolute Gasteiger partial charge is 0.465 e. The fraction of sp³-hybridized carbons (Fsp3) is 0.286. The maximum absolute atomic E-state index is 12.1. The van der Waals surface area contributed by atoms with Crippen LogP contribution in [0.2, 0.25) is 0 Å². The summed E-state index contributed by atoms with van der Waals surface area (Å²) in [6, 6.07) is 9.55. The minimum Gasteiger partial charge on any atom is -0.465 e. The van der Waals surface area contributed by atoms with Gasteiger partial charge in [-0.2, -0.15) is 5.10 Å². The zero-order chi connectivity index (χ0) is 21.5. The van der Waals surface area contributed by atoms with Gasteiger partial charge in [-0.1, -0.05) is 30.0 Å². The van der Waals surface area contributed by atoms with Crippen molar-refractivity contribution in [3.63, 3.8) is 0 Å². The number of hydrogen-bond donors (Lipinski definition) is 1. The van der Waals surface area contributed by atoms with Crippen molar-refractivity contribution < 1.29 is 14.3 Å². The minimum atomic E-state index is -0.305. The van der Waals surface area contributed by atoms with E-state index in [1.807, 2.05) is 54.9 Å². The van der Waals surface area contributed by atoms with E-state index in [0.717, 1.165) is 27.9 Å². The Morgan fingerprint density at radius 3 is 2.70 bits per heavy atom. The molecule has 0 aliphatic carbocycles. The van der Waals surface area contributed by atoms with Crippen LogP contribution >= 0.6 is 11.8 Å². The summed E-state index contributed by atoms with van der Waals surface area (Å²) in [5.74, 6) is -0.403. The van der Waals surface area contributed by atoms with E-state index < -0.39 is 0 Å². The second kappa shape index (κ2) is 10.0. The smallest absolute Gasteiger partial charge is 0.325 e. The average Bonchev–Trinajstić information content (AvgIpc) is 3.03. The minimum absolute atomic E-state index is 0.112. The molecule has 156 valence electrons. The highest BCUT2D eigenvalue weighted by Crippen LogP contribution is 2.20. The van der Waals surface area contributed by atoms with Gasteiger partial charge < -0.3 is 9.30 Å². The highest BCUT2D eigenvalue weighted by molar-refractivity contribution is 7.99. The van der Waals surface area contributed by atoms with Crippen LogP contribution in [-0.2, 0) is 20.9 Å². The molecular weight excluding hydrogens is 402 g/mol. The van der Waals surface area contributed by atoms with Crippen LogP contribution in [0.5, 0.6) is 0 Å². The molecule has 0 bridgehead atoms. The third-order valence-corrected chi connectivity index (χ3v) is 4.96. The second-order valence-electron chi connectivity index (χ2n) is 6.55. The van der Waals surface area contributed by atoms with E-state index in [1.165, 1.54) is 11.8 Å². The molecule has 0 aliphatic rings. The van der Waals surface area contributed by atoms with Crippen molar-refractivity contribution in [2.75, 3.05) is 12.4 Å². The number of aryl methyl sites for hydroxylation is 2. The van der Waals surface area contributed by atoms with E-state index in [0.29, 0.717) is 11.8 Å². The lowest BCUT2D eigenvalue weighted by Crippen LogP contribution is -2.19. The molecule has 1 amide bonds. The van der Waals surface area contributed by atoms with Crippen molar-refractivity contribution >= 4 is 40.8 Å². The Morgan fingerprint density at radius 2 is 1.97 bits per heavy atom. The third-order valence-electron chi connectivity index (χ3n) is 4.11. The van der Waals surface area contributed by atoms with Gasteiger partial charge in [0, 0.05) is 34.1 Å². The molecule has 0 aliphatic heterocycles. The summed E-state index contributed by atoms with van der Waals surface area (Å²) in [6.45, 7) is 6.00. The SMILES string of the molecule is CCOC(=O)Cn1cc(/C=N\NC(=O)CSc2nc(C)cc(C)n2)c2ccccc21. The van der Waals surface area contributed by atoms with Gasteiger partial charge in [0.1, 0.15) is 6.54 Å². The molecule has 0 radical (unpaired) electrons. The Morgan fingerprint density at radius 1 is 1.23 bits per heavy atom. The number of para-hydroxylation sites is 1. The standard InChI is InChI=1S/C21H23N5O3S/c1-4-29-20(28)12-26-11-16(17-7-5-6-8-18(17)26)10-22-25-19(27)13-30-21-23-14(2)9-15(3)24-21/h5-11H,4,12-13H2,1-3H3,(H,25,27)/b22-10-. The van der Waals surface area contributed by atoms with Crippen LogP contribution in [0.25, 0.3) is 10.9 Å². The maximum Gasteiger partial charge on any atom is 0.325 e. The molecule has 0 saturated carbocycles. The molecule has 3 rings (SSSR count). The molecule has 0 atom stereocenters. The second-order valence-corrected chi connectivity index (χ2v) is 7.49. The summed E-state index contributed by atoms with van der Waals surface area (Å²) in [4.78, 5) is 32.5. The summed E-state index contributed by atoms with van der Waals surface area (Å²) < 4.78 is 6.84. The third kappa shape index (κ3) is 5.66. The normalized spacial score (nSPS) is 11.2. The summed E-state index contributed by atoms with van der Waals surface area (Å²) >= 11 is 1.26. The van der Waals surface area contributed by atoms with Gasteiger partial charge in [-0.25, -0.2) is 15.4 Å². The summed E-state index contributed by atoms with van der Waals surface area (Å²) in [6.07, 6.45) is 3.38. The Bertz CT molecular complexity index is 1070. The number of nitrogens with zero attached hydrogens (tertiary/aromatic N) is 4. The number of carbonyl (C=O) groups excluding carboxylic acids is 2. The molecule has 1 N–H and O–H groups in total. The van der Waals surface area contributed by atoms with E-state index in [2.05, 4.69) is 20.5 Å². The average molecular weight is 426 g/mol. The quantitative estimate of drug-likeness (QED) is 0.196. The molecule has 0 spiro atoms. The first-order chi connectivity index (χ1) is 14.5. The number of aromatic nitrogens is 3. The predicted molar refractivity (Wildman–Crippen MR) is 117 cm³/mol. The number of carbonyl (C=O) groups is 2. The number of nitrogens with one attached hydrogen (secondary N) is 1. The van der Waals surface area contributed by atoms with Crippen LogP contribution in [0.4, 0.5) is 0 Å². The molecule has 2 heterocycles. The number of rotatable bonds is 8. The fourth-order valence-electron chi connectivity index (χ4n) is 2.95. The summed E-state index contributed by atoms with van der Waals surface area (Å²) in [5, 5.41) is 5.55. The number of fused-ring (bicyclic) bond motifs is 1. The molecule has 2 aromatic heterocycles. The van der Waals surface area contributed by atoms with E-state index in [4.69, 9.17) is 4.74 Å². The van der Waals surface area contributed by atoms with Crippen molar-refractivity contribution in [2.45, 2.75) is 32.5 Å². The van der Waals surface area contributed by atoms with Gasteiger partial charge in [0.05, 0.1) is 18.6 Å². The number of hydrazone groups is 1. The number of amides is 1. The number of ether oxygens (including phenoxy) is 1. The molecule has 0 fully saturated rings. The van der Waals surface area contributed by atoms with Gasteiger partial charge in [-0.15, -0.1) is 0 Å². The lowest BCUT2D eigenvalue weighted by atomic mass is 10.2. The molecule has 8 nitrogen and oxygen atoms in total. The van der Waals surface area contributed by atoms with Gasteiger partial charge in [0.15, 0.2) is 5.16 Å². The van der Waals surface area contributed by atoms with E-state index in [1.54, 1.807) is 13.1 Å². The molecule has 0 unspecified atom stereocenters. The topological polar surface area (TPSA) is 98.5 Å². The molecule has 1 aromatic carbocycles. The number of hydrogen-bond acceptors (Lipinski definition) is 7. The van der Waals surface area contributed by atoms with Gasteiger partial charge >= 0.3 is 5.97 Å². The summed E-state index contributed by atoms with van der Waals surface area (Å²) in [7, 11) is 0. The van der Waals surface area contributed by atoms with Crippen molar-refractivity contribution in [3.05, 3.63) is 53.5 Å². The summed E-state index contributed by atoms with van der Waals surface area (Å²) in [5.41, 5.74) is 5.93. The van der Waals surface area contributed by atoms with Gasteiger partial charge in [0.2, 0.25) is 0 Å². The highest BCUT2D eigenvalue weighted by atomic mass is 32.2. The molecule has 3 aromatic rings. The van der Waals surface area contributed by atoms with Crippen molar-refractivity contribution in [2.24, 2.45) is 5.10 Å². The fourth-order valence-corrected chi connectivity index (χ4v) is 3.69. The highest BCUT2D eigenvalue weighted by Gasteiger charge is 2.11. The van der Waals surface area contributed by atoms with Gasteiger partial charge in [-0.05, 0) is 32.9 Å². The first kappa shape index (κ1) is 21.5. The molecule has 0 saturated heterocycles. The monoisotopic (exact) mass is 425 g/mol. The maximum atomic E-state index is 12.1. The molecular formula is C21H23N5O3S. The van der Waals surface area contributed by atoms with Gasteiger partial charge in [0.25, 0.3) is 5.91 Å². The Hall–Kier alpha value is -3.20. The van der Waals surface area contributed by atoms with E-state index >= 15 is 0 Å². The van der Waals surface area contributed by atoms with E-state index in [9.17, 15) is 9.59 Å². The molecule has 30 heavy (non-hydrogen) atoms. The number of esters is 1. The van der Waals surface area contributed by atoms with Crippen molar-refractivity contribution in [3.8, 4) is 0 Å². The first-order valence-corrected chi connectivity index (χ1v) is 10.4. The van der Waals surface area contributed by atoms with Crippen LogP contribution < -0.4 is 5.43 Å². The Labute approximate surface area is 178 Å². The van der Waals surface area contributed by atoms with Crippen LogP contribution in [-0.4, -0.2) is 45.0 Å². The van der Waals surface area contributed by atoms with Crippen LogP contribution in [0, 0.1) is 13.8 Å². The lowest BCUT2D eigenvalue weighted by molar-refractivity contribution is -0.143. The van der Waals surface area contributed by atoms with Crippen LogP contribution in [0.15, 0.2) is 46.8 Å². The number of benzene rings is 1. The zero-order valence-electron chi connectivity index (χ0n) is 17.1. The Kier molecular flexibility index (Phi) is 7.18. The van der Waals surface area contributed by atoms with Crippen molar-refractivity contribution in [1.29, 1.82) is 0 Å². The van der Waals surface area contributed by atoms with Crippen molar-refractivity contribution in [1.82, 2.24) is 20.0 Å². The molecule has 9 heteroatoms. The zero-order valence-corrected chi connectivity index (χ0v) is 17.9. The first-order valence-electron chi connectivity index (χ1n) is 9.46. The van der Waals surface area contributed by atoms with Crippen LogP contribution in [0.3, 0.4) is 0 Å². The number of thioether (sulfide) groups is 1. The Balaban J connectivity index is 1.64. The lowest BCUT2D eigenvalue weighted by Gasteiger charge is -2.04. The predicted octanol–water partition coefficient (Wildman–Crippen LogP) is 2.85. The van der Waals surface area contributed by atoms with Gasteiger partial charge in [-0.3, -0.25) is 9.59 Å². The van der Waals surface area contributed by atoms with E-state index in [-0.39, 0.29) is 24.2 Å².